The van der Waals surface area contributed by atoms with E-state index >= 15 is 0 Å². The zero-order valence-electron chi connectivity index (χ0n) is 14.1. The van der Waals surface area contributed by atoms with Gasteiger partial charge in [-0.1, -0.05) is 54.1 Å². The first-order valence-corrected chi connectivity index (χ1v) is 8.88. The molecule has 0 fully saturated rings. The maximum Gasteiger partial charge on any atom is 0.230 e. The Morgan fingerprint density at radius 3 is 2.44 bits per heavy atom. The summed E-state index contributed by atoms with van der Waals surface area (Å²) in [5, 5.41) is 4.75. The minimum absolute atomic E-state index is 0.475. The van der Waals surface area contributed by atoms with Crippen LogP contribution in [0.3, 0.4) is 0 Å². The Kier molecular flexibility index (Phi) is 3.73. The Morgan fingerprint density at radius 2 is 1.59 bits per heavy atom. The number of anilines is 2. The van der Waals surface area contributed by atoms with Crippen molar-refractivity contribution >= 4 is 45.4 Å². The van der Waals surface area contributed by atoms with Crippen molar-refractivity contribution in [1.82, 2.24) is 19.9 Å². The number of para-hydroxylation sites is 2. The zero-order valence-corrected chi connectivity index (χ0v) is 14.9. The standard InChI is InChI=1S/C21H14ClN5/c22-14-10-11-16-15(12-14)19(13-6-2-1-3-7-13)26-21(23-16)27-20-24-17-8-4-5-9-18(17)25-20/h1-12H,(H2,23,24,25,26,27). The number of hydrogen-bond acceptors (Lipinski definition) is 4. The van der Waals surface area contributed by atoms with Crippen LogP contribution in [0.5, 0.6) is 0 Å². The van der Waals surface area contributed by atoms with Gasteiger partial charge in [0.25, 0.3) is 0 Å². The van der Waals surface area contributed by atoms with Crippen LogP contribution in [0.4, 0.5) is 11.9 Å². The highest BCUT2D eigenvalue weighted by atomic mass is 35.5. The Balaban J connectivity index is 1.65. The SMILES string of the molecule is Clc1ccc2nc(Nc3nc4ccccc4[nH]3)nc(-c3ccccc3)c2c1. The summed E-state index contributed by atoms with van der Waals surface area (Å²) in [5.41, 5.74) is 4.47. The van der Waals surface area contributed by atoms with Gasteiger partial charge in [0.15, 0.2) is 0 Å². The molecule has 0 saturated heterocycles. The average Bonchev–Trinajstić information content (AvgIpc) is 3.10. The molecular formula is C21H14ClN5. The van der Waals surface area contributed by atoms with Crippen molar-refractivity contribution in [3.63, 3.8) is 0 Å². The number of fused-ring (bicyclic) bond motifs is 2. The summed E-state index contributed by atoms with van der Waals surface area (Å²) < 4.78 is 0. The molecule has 0 aliphatic carbocycles. The van der Waals surface area contributed by atoms with E-state index in [0.717, 1.165) is 33.2 Å². The monoisotopic (exact) mass is 371 g/mol. The van der Waals surface area contributed by atoms with Crippen LogP contribution in [0.15, 0.2) is 72.8 Å². The zero-order chi connectivity index (χ0) is 18.2. The quantitative estimate of drug-likeness (QED) is 0.435. The molecule has 0 saturated carbocycles. The first kappa shape index (κ1) is 15.8. The Bertz CT molecular complexity index is 1230. The van der Waals surface area contributed by atoms with Gasteiger partial charge in [-0.3, -0.25) is 5.32 Å². The van der Waals surface area contributed by atoms with Gasteiger partial charge in [-0.2, -0.15) is 0 Å². The molecular weight excluding hydrogens is 358 g/mol. The lowest BCUT2D eigenvalue weighted by Crippen LogP contribution is -2.01. The molecule has 27 heavy (non-hydrogen) atoms. The van der Waals surface area contributed by atoms with Crippen molar-refractivity contribution in [3.05, 3.63) is 77.8 Å². The highest BCUT2D eigenvalue weighted by Gasteiger charge is 2.12. The molecule has 0 radical (unpaired) electrons. The average molecular weight is 372 g/mol. The van der Waals surface area contributed by atoms with Crippen molar-refractivity contribution in [3.8, 4) is 11.3 Å². The van der Waals surface area contributed by atoms with Crippen molar-refractivity contribution in [1.29, 1.82) is 0 Å². The number of rotatable bonds is 3. The minimum atomic E-state index is 0.475. The molecule has 0 aliphatic heterocycles. The number of hydrogen-bond donors (Lipinski definition) is 2. The van der Waals surface area contributed by atoms with Crippen LogP contribution in [-0.4, -0.2) is 19.9 Å². The van der Waals surface area contributed by atoms with Gasteiger partial charge < -0.3 is 4.98 Å². The van der Waals surface area contributed by atoms with E-state index < -0.39 is 0 Å². The number of imidazole rings is 1. The second kappa shape index (κ2) is 6.37. The molecule has 3 aromatic carbocycles. The summed E-state index contributed by atoms with van der Waals surface area (Å²) >= 11 is 6.21. The van der Waals surface area contributed by atoms with Crippen LogP contribution in [0.1, 0.15) is 0 Å². The molecule has 2 N–H and O–H groups in total. The molecule has 2 aromatic heterocycles. The van der Waals surface area contributed by atoms with Gasteiger partial charge in [-0.15, -0.1) is 0 Å². The van der Waals surface area contributed by atoms with Gasteiger partial charge >= 0.3 is 0 Å². The Morgan fingerprint density at radius 1 is 0.778 bits per heavy atom. The third-order valence-electron chi connectivity index (χ3n) is 4.32. The van der Waals surface area contributed by atoms with Crippen LogP contribution in [-0.2, 0) is 0 Å². The smallest absolute Gasteiger partial charge is 0.230 e. The summed E-state index contributed by atoms with van der Waals surface area (Å²) in [5.74, 6) is 1.08. The molecule has 5 aromatic rings. The van der Waals surface area contributed by atoms with E-state index in [0.29, 0.717) is 16.9 Å². The van der Waals surface area contributed by atoms with E-state index in [-0.39, 0.29) is 0 Å². The molecule has 2 heterocycles. The second-order valence-electron chi connectivity index (χ2n) is 6.15. The van der Waals surface area contributed by atoms with Gasteiger partial charge in [-0.25, -0.2) is 15.0 Å². The number of aromatic nitrogens is 4. The first-order chi connectivity index (χ1) is 13.3. The van der Waals surface area contributed by atoms with E-state index in [4.69, 9.17) is 16.6 Å². The van der Waals surface area contributed by atoms with E-state index in [2.05, 4.69) is 20.3 Å². The van der Waals surface area contributed by atoms with E-state index in [1.54, 1.807) is 0 Å². The normalized spacial score (nSPS) is 11.1. The van der Waals surface area contributed by atoms with Crippen molar-refractivity contribution in [2.24, 2.45) is 0 Å². The van der Waals surface area contributed by atoms with Gasteiger partial charge in [-0.05, 0) is 30.3 Å². The number of aromatic amines is 1. The molecule has 0 bridgehead atoms. The molecule has 6 heteroatoms. The summed E-state index contributed by atoms with van der Waals surface area (Å²) in [4.78, 5) is 17.1. The van der Waals surface area contributed by atoms with Crippen molar-refractivity contribution in [2.75, 3.05) is 5.32 Å². The largest absolute Gasteiger partial charge is 0.324 e. The van der Waals surface area contributed by atoms with Gasteiger partial charge in [0, 0.05) is 16.0 Å². The lowest BCUT2D eigenvalue weighted by Gasteiger charge is -2.09. The van der Waals surface area contributed by atoms with Crippen LogP contribution in [0, 0.1) is 0 Å². The summed E-state index contributed by atoms with van der Waals surface area (Å²) in [6, 6.07) is 23.5. The first-order valence-electron chi connectivity index (χ1n) is 8.51. The fourth-order valence-electron chi connectivity index (χ4n) is 3.09. The summed E-state index contributed by atoms with van der Waals surface area (Å²) in [6.07, 6.45) is 0. The predicted molar refractivity (Wildman–Crippen MR) is 109 cm³/mol. The molecule has 0 unspecified atom stereocenters. The van der Waals surface area contributed by atoms with Gasteiger partial charge in [0.1, 0.15) is 0 Å². The maximum atomic E-state index is 6.21. The second-order valence-corrected chi connectivity index (χ2v) is 6.59. The van der Waals surface area contributed by atoms with E-state index in [1.807, 2.05) is 72.8 Å². The summed E-state index contributed by atoms with van der Waals surface area (Å²) in [6.45, 7) is 0. The van der Waals surface area contributed by atoms with Crippen LogP contribution in [0.25, 0.3) is 33.2 Å². The van der Waals surface area contributed by atoms with Crippen LogP contribution >= 0.6 is 11.6 Å². The lowest BCUT2D eigenvalue weighted by molar-refractivity contribution is 1.18. The number of nitrogens with one attached hydrogen (secondary N) is 2. The topological polar surface area (TPSA) is 66.5 Å². The number of nitrogens with zero attached hydrogens (tertiary/aromatic N) is 3. The Hall–Kier alpha value is -3.44. The molecule has 0 atom stereocenters. The fourth-order valence-corrected chi connectivity index (χ4v) is 3.26. The highest BCUT2D eigenvalue weighted by molar-refractivity contribution is 6.31. The third kappa shape index (κ3) is 2.98. The Labute approximate surface area is 160 Å². The number of H-pyrrole nitrogens is 1. The summed E-state index contributed by atoms with van der Waals surface area (Å²) in [7, 11) is 0. The van der Waals surface area contributed by atoms with Crippen LogP contribution < -0.4 is 5.32 Å². The minimum Gasteiger partial charge on any atom is -0.324 e. The molecule has 5 rings (SSSR count). The molecule has 0 spiro atoms. The van der Waals surface area contributed by atoms with Gasteiger partial charge in [0.2, 0.25) is 11.9 Å². The van der Waals surface area contributed by atoms with Gasteiger partial charge in [0.05, 0.1) is 22.2 Å². The van der Waals surface area contributed by atoms with E-state index in [9.17, 15) is 0 Å². The van der Waals surface area contributed by atoms with Crippen LogP contribution in [0.2, 0.25) is 5.02 Å². The van der Waals surface area contributed by atoms with Crippen molar-refractivity contribution < 1.29 is 0 Å². The predicted octanol–water partition coefficient (Wildman–Crippen LogP) is 5.57. The third-order valence-corrected chi connectivity index (χ3v) is 4.56. The molecule has 130 valence electrons. The van der Waals surface area contributed by atoms with Crippen molar-refractivity contribution in [2.45, 2.75) is 0 Å². The lowest BCUT2D eigenvalue weighted by atomic mass is 10.1. The van der Waals surface area contributed by atoms with E-state index in [1.165, 1.54) is 0 Å². The number of benzene rings is 3. The molecule has 0 amide bonds. The fraction of sp³-hybridized carbons (Fsp3) is 0. The molecule has 5 nitrogen and oxygen atoms in total. The highest BCUT2D eigenvalue weighted by Crippen LogP contribution is 2.30. The molecule has 0 aliphatic rings. The number of halogens is 1. The maximum absolute atomic E-state index is 6.21.